The number of H-pyrrole nitrogens is 1. The van der Waals surface area contributed by atoms with E-state index in [2.05, 4.69) is 34.5 Å². The van der Waals surface area contributed by atoms with E-state index in [1.165, 1.54) is 11.1 Å². The third kappa shape index (κ3) is 3.41. The van der Waals surface area contributed by atoms with Crippen LogP contribution >= 0.6 is 0 Å². The third-order valence-corrected chi connectivity index (χ3v) is 5.00. The summed E-state index contributed by atoms with van der Waals surface area (Å²) >= 11 is 0. The number of aromatic nitrogens is 1. The predicted molar refractivity (Wildman–Crippen MR) is 106 cm³/mol. The summed E-state index contributed by atoms with van der Waals surface area (Å²) in [5.74, 6) is -0.0414. The summed E-state index contributed by atoms with van der Waals surface area (Å²) in [6.07, 6.45) is 5.38. The molecular formula is C22H23N3O. The minimum absolute atomic E-state index is 0.0414. The molecule has 0 atom stereocenters. The van der Waals surface area contributed by atoms with Crippen molar-refractivity contribution in [3.8, 4) is 0 Å². The molecule has 2 heterocycles. The van der Waals surface area contributed by atoms with E-state index in [1.54, 1.807) is 0 Å². The maximum atomic E-state index is 12.6. The molecule has 132 valence electrons. The van der Waals surface area contributed by atoms with Crippen molar-refractivity contribution in [2.24, 2.45) is 0 Å². The third-order valence-electron chi connectivity index (χ3n) is 5.00. The highest BCUT2D eigenvalue weighted by Crippen LogP contribution is 2.29. The van der Waals surface area contributed by atoms with Crippen molar-refractivity contribution in [1.82, 2.24) is 15.2 Å². The van der Waals surface area contributed by atoms with Crippen LogP contribution < -0.4 is 5.32 Å². The Morgan fingerprint density at radius 2 is 2.04 bits per heavy atom. The Bertz CT molecular complexity index is 956. The zero-order chi connectivity index (χ0) is 17.9. The number of carbonyl (C=O) groups excluding carboxylic acids is 1. The fraction of sp³-hybridized carbons (Fsp3) is 0.227. The molecule has 0 saturated carbocycles. The van der Waals surface area contributed by atoms with Gasteiger partial charge in [0.2, 0.25) is 0 Å². The van der Waals surface area contributed by atoms with Crippen molar-refractivity contribution in [2.75, 3.05) is 20.1 Å². The second-order valence-corrected chi connectivity index (χ2v) is 6.87. The molecule has 0 radical (unpaired) electrons. The van der Waals surface area contributed by atoms with Gasteiger partial charge < -0.3 is 15.2 Å². The maximum Gasteiger partial charge on any atom is 0.251 e. The van der Waals surface area contributed by atoms with Gasteiger partial charge in [0.1, 0.15) is 0 Å². The number of aromatic amines is 1. The number of benzene rings is 2. The number of nitrogens with zero attached hydrogens (tertiary/aromatic N) is 1. The number of likely N-dealkylation sites (N-methyl/N-ethyl adjacent to an activating group) is 1. The summed E-state index contributed by atoms with van der Waals surface area (Å²) in [6.45, 7) is 2.57. The Hall–Kier alpha value is -2.85. The Morgan fingerprint density at radius 1 is 1.19 bits per heavy atom. The van der Waals surface area contributed by atoms with Crippen LogP contribution in [0.1, 0.15) is 27.9 Å². The first-order valence-corrected chi connectivity index (χ1v) is 9.02. The van der Waals surface area contributed by atoms with Crippen LogP contribution in [0.5, 0.6) is 0 Å². The van der Waals surface area contributed by atoms with Crippen molar-refractivity contribution in [3.05, 3.63) is 77.5 Å². The molecule has 1 aliphatic heterocycles. The van der Waals surface area contributed by atoms with Crippen LogP contribution in [0.2, 0.25) is 0 Å². The lowest BCUT2D eigenvalue weighted by atomic mass is 9.98. The largest absolute Gasteiger partial charge is 0.361 e. The summed E-state index contributed by atoms with van der Waals surface area (Å²) < 4.78 is 0. The number of carbonyl (C=O) groups is 1. The van der Waals surface area contributed by atoms with E-state index >= 15 is 0 Å². The zero-order valence-electron chi connectivity index (χ0n) is 15.0. The van der Waals surface area contributed by atoms with Gasteiger partial charge in [-0.1, -0.05) is 36.4 Å². The van der Waals surface area contributed by atoms with Gasteiger partial charge in [0.05, 0.1) is 0 Å². The van der Waals surface area contributed by atoms with Gasteiger partial charge in [-0.25, -0.2) is 0 Å². The summed E-state index contributed by atoms with van der Waals surface area (Å²) in [5.41, 5.74) is 5.44. The molecule has 0 aliphatic carbocycles. The maximum absolute atomic E-state index is 12.6. The van der Waals surface area contributed by atoms with E-state index in [0.717, 1.165) is 36.0 Å². The van der Waals surface area contributed by atoms with E-state index in [-0.39, 0.29) is 5.91 Å². The van der Waals surface area contributed by atoms with Gasteiger partial charge in [0.25, 0.3) is 5.91 Å². The normalized spacial score (nSPS) is 15.0. The summed E-state index contributed by atoms with van der Waals surface area (Å²) in [5, 5.41) is 4.13. The Kier molecular flexibility index (Phi) is 4.59. The lowest BCUT2D eigenvalue weighted by Crippen LogP contribution is -2.23. The number of hydrogen-bond donors (Lipinski definition) is 2. The van der Waals surface area contributed by atoms with Crippen LogP contribution in [0.4, 0.5) is 0 Å². The van der Waals surface area contributed by atoms with Crippen molar-refractivity contribution >= 4 is 22.4 Å². The molecule has 4 nitrogen and oxygen atoms in total. The van der Waals surface area contributed by atoms with Crippen LogP contribution in [-0.2, 0) is 6.54 Å². The van der Waals surface area contributed by atoms with Gasteiger partial charge in [0.15, 0.2) is 0 Å². The summed E-state index contributed by atoms with van der Waals surface area (Å²) in [7, 11) is 2.14. The standard InChI is InChI=1S/C22H23N3O/c1-25-11-9-17(10-12-25)20-15-23-21-8-7-18(13-19(20)21)22(26)24-14-16-5-3-2-4-6-16/h2-9,13,15,23H,10-12,14H2,1H3,(H,24,26). The van der Waals surface area contributed by atoms with Gasteiger partial charge in [-0.05, 0) is 42.8 Å². The van der Waals surface area contributed by atoms with Crippen molar-refractivity contribution in [3.63, 3.8) is 0 Å². The minimum atomic E-state index is -0.0414. The molecule has 0 unspecified atom stereocenters. The molecule has 1 aliphatic rings. The first kappa shape index (κ1) is 16.6. The average molecular weight is 345 g/mol. The second kappa shape index (κ2) is 7.18. The highest BCUT2D eigenvalue weighted by atomic mass is 16.1. The topological polar surface area (TPSA) is 48.1 Å². The number of amides is 1. The van der Waals surface area contributed by atoms with Crippen molar-refractivity contribution in [2.45, 2.75) is 13.0 Å². The molecule has 0 fully saturated rings. The molecule has 26 heavy (non-hydrogen) atoms. The summed E-state index contributed by atoms with van der Waals surface area (Å²) in [6, 6.07) is 15.8. The van der Waals surface area contributed by atoms with Gasteiger partial charge in [0, 0.05) is 47.9 Å². The molecule has 2 N–H and O–H groups in total. The average Bonchev–Trinajstić information content (AvgIpc) is 3.11. The Balaban J connectivity index is 1.56. The fourth-order valence-electron chi connectivity index (χ4n) is 3.42. The molecule has 4 heteroatoms. The monoisotopic (exact) mass is 345 g/mol. The fourth-order valence-corrected chi connectivity index (χ4v) is 3.42. The van der Waals surface area contributed by atoms with Crippen LogP contribution in [-0.4, -0.2) is 35.9 Å². The number of fused-ring (bicyclic) bond motifs is 1. The van der Waals surface area contributed by atoms with E-state index in [9.17, 15) is 4.79 Å². The minimum Gasteiger partial charge on any atom is -0.361 e. The lowest BCUT2D eigenvalue weighted by Gasteiger charge is -2.21. The molecule has 3 aromatic rings. The number of rotatable bonds is 4. The molecular weight excluding hydrogens is 322 g/mol. The molecule has 4 rings (SSSR count). The Morgan fingerprint density at radius 3 is 2.81 bits per heavy atom. The van der Waals surface area contributed by atoms with Crippen LogP contribution in [0.15, 0.2) is 60.8 Å². The zero-order valence-corrected chi connectivity index (χ0v) is 15.0. The molecule has 0 bridgehead atoms. The van der Waals surface area contributed by atoms with Gasteiger partial charge in [-0.3, -0.25) is 4.79 Å². The van der Waals surface area contributed by atoms with Crippen LogP contribution in [0.25, 0.3) is 16.5 Å². The van der Waals surface area contributed by atoms with Crippen molar-refractivity contribution < 1.29 is 4.79 Å². The second-order valence-electron chi connectivity index (χ2n) is 6.87. The highest BCUT2D eigenvalue weighted by Gasteiger charge is 2.15. The van der Waals surface area contributed by atoms with E-state index in [1.807, 2.05) is 48.5 Å². The molecule has 0 spiro atoms. The van der Waals surface area contributed by atoms with E-state index in [4.69, 9.17) is 0 Å². The molecule has 0 saturated heterocycles. The molecule has 2 aromatic carbocycles. The van der Waals surface area contributed by atoms with Gasteiger partial charge in [-0.2, -0.15) is 0 Å². The van der Waals surface area contributed by atoms with Gasteiger partial charge >= 0.3 is 0 Å². The quantitative estimate of drug-likeness (QED) is 0.755. The SMILES string of the molecule is CN1CC=C(c2c[nH]c3ccc(C(=O)NCc4ccccc4)cc23)CC1. The molecule has 1 amide bonds. The van der Waals surface area contributed by atoms with Crippen LogP contribution in [0, 0.1) is 0 Å². The van der Waals surface area contributed by atoms with Gasteiger partial charge in [-0.15, -0.1) is 0 Å². The van der Waals surface area contributed by atoms with Crippen LogP contribution in [0.3, 0.4) is 0 Å². The lowest BCUT2D eigenvalue weighted by molar-refractivity contribution is 0.0951. The molecule has 1 aromatic heterocycles. The van der Waals surface area contributed by atoms with E-state index in [0.29, 0.717) is 12.1 Å². The smallest absolute Gasteiger partial charge is 0.251 e. The predicted octanol–water partition coefficient (Wildman–Crippen LogP) is 3.82. The van der Waals surface area contributed by atoms with Crippen molar-refractivity contribution in [1.29, 1.82) is 0 Å². The number of hydrogen-bond acceptors (Lipinski definition) is 2. The summed E-state index contributed by atoms with van der Waals surface area (Å²) in [4.78, 5) is 18.2. The Labute approximate surface area is 153 Å². The first-order chi connectivity index (χ1) is 12.7. The van der Waals surface area contributed by atoms with E-state index < -0.39 is 0 Å². The first-order valence-electron chi connectivity index (χ1n) is 9.02. The highest BCUT2D eigenvalue weighted by molar-refractivity contribution is 6.01. The number of nitrogens with one attached hydrogen (secondary N) is 2.